The van der Waals surface area contributed by atoms with Crippen LogP contribution in [0.3, 0.4) is 0 Å². The molecule has 150 valence electrons. The van der Waals surface area contributed by atoms with Crippen LogP contribution in [0, 0.1) is 6.92 Å². The zero-order chi connectivity index (χ0) is 21.1. The fourth-order valence-electron chi connectivity index (χ4n) is 4.40. The fraction of sp³-hybridized carbons (Fsp3) is 0.0345. The summed E-state index contributed by atoms with van der Waals surface area (Å²) in [6.07, 6.45) is 0. The van der Waals surface area contributed by atoms with Gasteiger partial charge in [0.15, 0.2) is 8.07 Å². The molecular formula is C29H24SSi. The number of hydrogen-bond acceptors (Lipinski definition) is 1. The molecule has 0 aliphatic rings. The molecule has 5 aromatic rings. The van der Waals surface area contributed by atoms with Crippen molar-refractivity contribution in [2.24, 2.45) is 0 Å². The first-order chi connectivity index (χ1) is 15.3. The second-order valence-electron chi connectivity index (χ2n) is 7.88. The van der Waals surface area contributed by atoms with Crippen molar-refractivity contribution >= 4 is 39.5 Å². The molecular weight excluding hydrogens is 408 g/mol. The van der Waals surface area contributed by atoms with Gasteiger partial charge >= 0.3 is 0 Å². The SMILES string of the molecule is Cc1ccc(-c2ccc([Si](c3ccccc3)(c3ccccc3)c3ccccc3)s2)cc1. The van der Waals surface area contributed by atoms with Crippen LogP contribution < -0.4 is 20.1 Å². The molecule has 2 heteroatoms. The Bertz CT molecular complexity index is 1160. The first kappa shape index (κ1) is 19.7. The first-order valence-electron chi connectivity index (χ1n) is 10.6. The van der Waals surface area contributed by atoms with Crippen molar-refractivity contribution in [2.45, 2.75) is 6.92 Å². The van der Waals surface area contributed by atoms with Crippen LogP contribution in [0.1, 0.15) is 5.56 Å². The summed E-state index contributed by atoms with van der Waals surface area (Å²) in [6.45, 7) is 2.14. The van der Waals surface area contributed by atoms with E-state index < -0.39 is 8.07 Å². The summed E-state index contributed by atoms with van der Waals surface area (Å²) in [6, 6.07) is 46.9. The van der Waals surface area contributed by atoms with Crippen LogP contribution in [0.15, 0.2) is 127 Å². The highest BCUT2D eigenvalue weighted by Crippen LogP contribution is 2.26. The second kappa shape index (κ2) is 8.50. The summed E-state index contributed by atoms with van der Waals surface area (Å²) in [5.74, 6) is 0. The molecule has 0 N–H and O–H groups in total. The lowest BCUT2D eigenvalue weighted by atomic mass is 10.1. The average molecular weight is 433 g/mol. The van der Waals surface area contributed by atoms with E-state index in [1.807, 2.05) is 11.3 Å². The maximum atomic E-state index is 2.37. The third kappa shape index (κ3) is 3.58. The molecule has 0 radical (unpaired) electrons. The van der Waals surface area contributed by atoms with Crippen LogP contribution in [-0.2, 0) is 0 Å². The van der Waals surface area contributed by atoms with E-state index in [-0.39, 0.29) is 0 Å². The van der Waals surface area contributed by atoms with Crippen molar-refractivity contribution in [3.8, 4) is 10.4 Å². The second-order valence-corrected chi connectivity index (χ2v) is 13.1. The lowest BCUT2D eigenvalue weighted by Gasteiger charge is -2.32. The van der Waals surface area contributed by atoms with Crippen molar-refractivity contribution in [2.75, 3.05) is 0 Å². The maximum absolute atomic E-state index is 2.40. The maximum Gasteiger partial charge on any atom is 0.191 e. The van der Waals surface area contributed by atoms with Crippen LogP contribution >= 0.6 is 11.3 Å². The minimum atomic E-state index is -2.40. The van der Waals surface area contributed by atoms with Gasteiger partial charge in [-0.05, 0) is 34.1 Å². The van der Waals surface area contributed by atoms with E-state index in [1.54, 1.807) is 0 Å². The molecule has 0 spiro atoms. The Labute approximate surface area is 189 Å². The molecule has 1 heterocycles. The van der Waals surface area contributed by atoms with Gasteiger partial charge in [-0.1, -0.05) is 127 Å². The lowest BCUT2D eigenvalue weighted by Crippen LogP contribution is -2.74. The Morgan fingerprint density at radius 3 is 1.39 bits per heavy atom. The molecule has 1 aromatic heterocycles. The highest BCUT2D eigenvalue weighted by Gasteiger charge is 2.42. The van der Waals surface area contributed by atoms with Crippen LogP contribution in [-0.4, -0.2) is 8.07 Å². The van der Waals surface area contributed by atoms with Crippen molar-refractivity contribution in [1.82, 2.24) is 0 Å². The topological polar surface area (TPSA) is 0 Å². The Kier molecular flexibility index (Phi) is 5.41. The molecule has 0 bridgehead atoms. The van der Waals surface area contributed by atoms with Gasteiger partial charge in [0.2, 0.25) is 0 Å². The van der Waals surface area contributed by atoms with E-state index >= 15 is 0 Å². The molecule has 0 saturated heterocycles. The summed E-state index contributed by atoms with van der Waals surface area (Å²) in [7, 11) is -2.40. The molecule has 31 heavy (non-hydrogen) atoms. The Balaban J connectivity index is 1.80. The predicted octanol–water partition coefficient (Wildman–Crippen LogP) is 5.10. The largest absolute Gasteiger partial charge is 0.191 e. The van der Waals surface area contributed by atoms with E-state index in [0.29, 0.717) is 0 Å². The van der Waals surface area contributed by atoms with Gasteiger partial charge < -0.3 is 0 Å². The number of benzene rings is 4. The first-order valence-corrected chi connectivity index (χ1v) is 13.4. The summed E-state index contributed by atoms with van der Waals surface area (Å²) in [5.41, 5.74) is 2.58. The summed E-state index contributed by atoms with van der Waals surface area (Å²) >= 11 is 1.95. The van der Waals surface area contributed by atoms with Crippen LogP contribution in [0.4, 0.5) is 0 Å². The van der Waals surface area contributed by atoms with E-state index in [0.717, 1.165) is 0 Å². The van der Waals surface area contributed by atoms with E-state index in [4.69, 9.17) is 0 Å². The molecule has 5 rings (SSSR count). The van der Waals surface area contributed by atoms with Crippen molar-refractivity contribution < 1.29 is 0 Å². The minimum absolute atomic E-state index is 1.29. The van der Waals surface area contributed by atoms with Crippen molar-refractivity contribution in [3.05, 3.63) is 133 Å². The molecule has 0 nitrogen and oxygen atoms in total. The normalized spacial score (nSPS) is 11.4. The quantitative estimate of drug-likeness (QED) is 0.268. The molecule has 0 unspecified atom stereocenters. The Morgan fingerprint density at radius 2 is 0.935 bits per heavy atom. The smallest absolute Gasteiger partial charge is 0.144 e. The Hall–Kier alpha value is -3.20. The van der Waals surface area contributed by atoms with Gasteiger partial charge in [-0.15, -0.1) is 11.3 Å². The highest BCUT2D eigenvalue weighted by atomic mass is 32.1. The van der Waals surface area contributed by atoms with E-state index in [2.05, 4.69) is 134 Å². The van der Waals surface area contributed by atoms with Crippen LogP contribution in [0.25, 0.3) is 10.4 Å². The number of aryl methyl sites for hydroxylation is 1. The number of thiophene rings is 1. The third-order valence-corrected chi connectivity index (χ3v) is 12.6. The van der Waals surface area contributed by atoms with Crippen LogP contribution in [0.5, 0.6) is 0 Å². The monoisotopic (exact) mass is 432 g/mol. The van der Waals surface area contributed by atoms with Gasteiger partial charge in [0.05, 0.1) is 0 Å². The molecule has 0 amide bonds. The zero-order valence-electron chi connectivity index (χ0n) is 17.5. The van der Waals surface area contributed by atoms with E-state index in [9.17, 15) is 0 Å². The average Bonchev–Trinajstić information content (AvgIpc) is 3.33. The minimum Gasteiger partial charge on any atom is -0.144 e. The van der Waals surface area contributed by atoms with Crippen LogP contribution in [0.2, 0.25) is 0 Å². The van der Waals surface area contributed by atoms with Gasteiger partial charge in [0.25, 0.3) is 0 Å². The fourth-order valence-corrected chi connectivity index (χ4v) is 11.4. The van der Waals surface area contributed by atoms with Gasteiger partial charge in [0.1, 0.15) is 0 Å². The van der Waals surface area contributed by atoms with E-state index in [1.165, 1.54) is 36.1 Å². The predicted molar refractivity (Wildman–Crippen MR) is 138 cm³/mol. The standard InChI is InChI=1S/C29H24SSi/c1-23-17-19-24(20-18-23)28-21-22-29(30-28)31(25-11-5-2-6-12-25,26-13-7-3-8-14-26)27-15-9-4-10-16-27/h2-22H,1H3. The van der Waals surface area contributed by atoms with Crippen molar-refractivity contribution in [1.29, 1.82) is 0 Å². The van der Waals surface area contributed by atoms with Gasteiger partial charge in [-0.3, -0.25) is 0 Å². The van der Waals surface area contributed by atoms with Gasteiger partial charge in [-0.2, -0.15) is 0 Å². The summed E-state index contributed by atoms with van der Waals surface area (Å²) in [5, 5.41) is 4.26. The third-order valence-electron chi connectivity index (χ3n) is 5.93. The number of hydrogen-bond donors (Lipinski definition) is 0. The van der Waals surface area contributed by atoms with Crippen molar-refractivity contribution in [3.63, 3.8) is 0 Å². The molecule has 0 aliphatic carbocycles. The molecule has 4 aromatic carbocycles. The molecule has 0 atom stereocenters. The zero-order valence-corrected chi connectivity index (χ0v) is 19.3. The highest BCUT2D eigenvalue weighted by molar-refractivity contribution is 7.37. The summed E-state index contributed by atoms with van der Waals surface area (Å²) < 4.78 is 1.46. The Morgan fingerprint density at radius 1 is 0.484 bits per heavy atom. The van der Waals surface area contributed by atoms with Gasteiger partial charge in [0, 0.05) is 9.38 Å². The number of rotatable bonds is 5. The lowest BCUT2D eigenvalue weighted by molar-refractivity contribution is 1.48. The summed E-state index contributed by atoms with van der Waals surface area (Å²) in [4.78, 5) is 1.33. The van der Waals surface area contributed by atoms with Gasteiger partial charge in [-0.25, -0.2) is 0 Å². The molecule has 0 saturated carbocycles. The molecule has 0 fully saturated rings. The molecule has 0 aliphatic heterocycles.